The van der Waals surface area contributed by atoms with Crippen LogP contribution in [0.4, 0.5) is 0 Å². The van der Waals surface area contributed by atoms with Gasteiger partial charge in [-0.05, 0) is 55.0 Å². The molecule has 0 aliphatic heterocycles. The molecule has 1 aromatic rings. The van der Waals surface area contributed by atoms with Gasteiger partial charge in [0.25, 0.3) is 0 Å². The molecular weight excluding hydrogens is 278 g/mol. The average molecular weight is 316 g/mol. The Labute approximate surface area is 144 Å². The van der Waals surface area contributed by atoms with Crippen LogP contribution in [0.5, 0.6) is 0 Å². The summed E-state index contributed by atoms with van der Waals surface area (Å²) in [5.41, 5.74) is 1.51. The summed E-state index contributed by atoms with van der Waals surface area (Å²) in [6.07, 6.45) is 9.79. The minimum Gasteiger partial charge on any atom is -0.316 e. The van der Waals surface area contributed by atoms with E-state index in [0.717, 1.165) is 24.3 Å². The first-order valence-corrected chi connectivity index (χ1v) is 9.94. The number of benzene rings is 1. The first-order valence-electron chi connectivity index (χ1n) is 9.94. The molecule has 0 radical (unpaired) electrons. The zero-order valence-corrected chi connectivity index (χ0v) is 15.6. The third-order valence-corrected chi connectivity index (χ3v) is 5.73. The summed E-state index contributed by atoms with van der Waals surface area (Å²) in [5, 5.41) is 3.81. The molecule has 0 saturated heterocycles. The molecule has 23 heavy (non-hydrogen) atoms. The van der Waals surface area contributed by atoms with E-state index in [2.05, 4.69) is 56.4 Å². The maximum absolute atomic E-state index is 3.81. The van der Waals surface area contributed by atoms with Crippen molar-refractivity contribution in [3.05, 3.63) is 35.9 Å². The minimum absolute atomic E-state index is 0.672. The zero-order valence-electron chi connectivity index (χ0n) is 15.6. The van der Waals surface area contributed by atoms with Crippen LogP contribution in [0.3, 0.4) is 0 Å². The van der Waals surface area contributed by atoms with Crippen molar-refractivity contribution in [2.75, 3.05) is 13.1 Å². The summed E-state index contributed by atoms with van der Waals surface area (Å²) >= 11 is 0. The lowest BCUT2D eigenvalue weighted by Gasteiger charge is -2.28. The van der Waals surface area contributed by atoms with Crippen LogP contribution < -0.4 is 5.32 Å². The maximum atomic E-state index is 3.81. The fourth-order valence-corrected chi connectivity index (χ4v) is 3.95. The van der Waals surface area contributed by atoms with Gasteiger partial charge in [0, 0.05) is 6.54 Å². The Balaban J connectivity index is 1.77. The summed E-state index contributed by atoms with van der Waals surface area (Å²) in [4.78, 5) is 0. The molecular formula is C22H37N. The Kier molecular flexibility index (Phi) is 8.16. The van der Waals surface area contributed by atoms with Gasteiger partial charge in [0.05, 0.1) is 0 Å². The topological polar surface area (TPSA) is 12.0 Å². The molecule has 0 spiro atoms. The van der Waals surface area contributed by atoms with Crippen molar-refractivity contribution in [1.29, 1.82) is 0 Å². The summed E-state index contributed by atoms with van der Waals surface area (Å²) in [6.45, 7) is 9.39. The fraction of sp³-hybridized carbons (Fsp3) is 0.727. The molecule has 0 bridgehead atoms. The highest BCUT2D eigenvalue weighted by atomic mass is 14.9. The number of hydrogen-bond donors (Lipinski definition) is 1. The van der Waals surface area contributed by atoms with Crippen LogP contribution in [-0.4, -0.2) is 13.1 Å². The quantitative estimate of drug-likeness (QED) is 0.588. The molecule has 1 N–H and O–H groups in total. The van der Waals surface area contributed by atoms with Crippen molar-refractivity contribution < 1.29 is 0 Å². The van der Waals surface area contributed by atoms with Gasteiger partial charge in [0.1, 0.15) is 0 Å². The highest BCUT2D eigenvalue weighted by molar-refractivity contribution is 5.19. The van der Waals surface area contributed by atoms with E-state index in [0.29, 0.717) is 5.92 Å². The molecule has 1 aliphatic rings. The SMILES string of the molecule is CCC1CCC(CNCC(CCC(C)C)c2ccccc2)CC1. The van der Waals surface area contributed by atoms with Crippen molar-refractivity contribution in [3.8, 4) is 0 Å². The van der Waals surface area contributed by atoms with Crippen LogP contribution in [0.25, 0.3) is 0 Å². The number of rotatable bonds is 9. The molecule has 1 aliphatic carbocycles. The number of hydrogen-bond acceptors (Lipinski definition) is 1. The first kappa shape index (κ1) is 18.5. The second kappa shape index (κ2) is 10.1. The van der Waals surface area contributed by atoms with Gasteiger partial charge >= 0.3 is 0 Å². The third-order valence-electron chi connectivity index (χ3n) is 5.73. The van der Waals surface area contributed by atoms with Gasteiger partial charge < -0.3 is 5.32 Å². The molecule has 1 heteroatoms. The molecule has 1 fully saturated rings. The highest BCUT2D eigenvalue weighted by Gasteiger charge is 2.20. The van der Waals surface area contributed by atoms with Crippen LogP contribution in [0.1, 0.15) is 77.2 Å². The van der Waals surface area contributed by atoms with E-state index in [9.17, 15) is 0 Å². The lowest BCUT2D eigenvalue weighted by Crippen LogP contribution is -2.29. The molecule has 130 valence electrons. The third kappa shape index (κ3) is 6.67. The Morgan fingerprint density at radius 1 is 0.957 bits per heavy atom. The Hall–Kier alpha value is -0.820. The Morgan fingerprint density at radius 2 is 1.61 bits per heavy atom. The van der Waals surface area contributed by atoms with Crippen LogP contribution in [0.2, 0.25) is 0 Å². The summed E-state index contributed by atoms with van der Waals surface area (Å²) in [6, 6.07) is 11.1. The van der Waals surface area contributed by atoms with Crippen LogP contribution in [0, 0.1) is 17.8 Å². The summed E-state index contributed by atoms with van der Waals surface area (Å²) in [7, 11) is 0. The molecule has 2 rings (SSSR count). The average Bonchev–Trinajstić information content (AvgIpc) is 2.59. The number of nitrogens with one attached hydrogen (secondary N) is 1. The smallest absolute Gasteiger partial charge is 0.00202 e. The van der Waals surface area contributed by atoms with Crippen LogP contribution >= 0.6 is 0 Å². The second-order valence-corrected chi connectivity index (χ2v) is 8.03. The predicted molar refractivity (Wildman–Crippen MR) is 102 cm³/mol. The predicted octanol–water partition coefficient (Wildman–Crippen LogP) is 6.01. The lowest BCUT2D eigenvalue weighted by atomic mass is 9.81. The largest absolute Gasteiger partial charge is 0.316 e. The van der Waals surface area contributed by atoms with Crippen LogP contribution in [0.15, 0.2) is 30.3 Å². The molecule has 1 nitrogen and oxygen atoms in total. The highest BCUT2D eigenvalue weighted by Crippen LogP contribution is 2.30. The Bertz CT molecular complexity index is 403. The van der Waals surface area contributed by atoms with Gasteiger partial charge in [-0.2, -0.15) is 0 Å². The monoisotopic (exact) mass is 315 g/mol. The van der Waals surface area contributed by atoms with Crippen molar-refractivity contribution in [2.45, 2.75) is 71.6 Å². The van der Waals surface area contributed by atoms with Crippen molar-refractivity contribution in [1.82, 2.24) is 5.32 Å². The normalized spacial score (nSPS) is 23.1. The zero-order chi connectivity index (χ0) is 16.5. The second-order valence-electron chi connectivity index (χ2n) is 8.03. The van der Waals surface area contributed by atoms with Gasteiger partial charge in [0.2, 0.25) is 0 Å². The van der Waals surface area contributed by atoms with E-state index >= 15 is 0 Å². The van der Waals surface area contributed by atoms with Gasteiger partial charge in [-0.1, -0.05) is 76.8 Å². The molecule has 1 aromatic carbocycles. The van der Waals surface area contributed by atoms with E-state index in [1.165, 1.54) is 57.1 Å². The lowest BCUT2D eigenvalue weighted by molar-refractivity contribution is 0.261. The maximum Gasteiger partial charge on any atom is 0.00202 e. The standard InChI is InChI=1S/C22H37N/c1-4-19-11-13-20(14-12-19)16-23-17-22(15-10-18(2)3)21-8-6-5-7-9-21/h5-9,18-20,22-23H,4,10-17H2,1-3H3. The van der Waals surface area contributed by atoms with Gasteiger partial charge in [-0.15, -0.1) is 0 Å². The molecule has 1 atom stereocenters. The van der Waals surface area contributed by atoms with Crippen LogP contribution in [-0.2, 0) is 0 Å². The van der Waals surface area contributed by atoms with E-state index in [1.54, 1.807) is 0 Å². The van der Waals surface area contributed by atoms with E-state index in [4.69, 9.17) is 0 Å². The van der Waals surface area contributed by atoms with Gasteiger partial charge in [-0.3, -0.25) is 0 Å². The van der Waals surface area contributed by atoms with Crippen molar-refractivity contribution in [3.63, 3.8) is 0 Å². The van der Waals surface area contributed by atoms with E-state index in [1.807, 2.05) is 0 Å². The van der Waals surface area contributed by atoms with Gasteiger partial charge in [0.15, 0.2) is 0 Å². The molecule has 0 aromatic heterocycles. The van der Waals surface area contributed by atoms with Crippen molar-refractivity contribution >= 4 is 0 Å². The fourth-order valence-electron chi connectivity index (χ4n) is 3.95. The summed E-state index contributed by atoms with van der Waals surface area (Å²) < 4.78 is 0. The van der Waals surface area contributed by atoms with E-state index < -0.39 is 0 Å². The first-order chi connectivity index (χ1) is 11.2. The minimum atomic E-state index is 0.672. The Morgan fingerprint density at radius 3 is 2.22 bits per heavy atom. The molecule has 0 amide bonds. The molecule has 1 saturated carbocycles. The van der Waals surface area contributed by atoms with E-state index in [-0.39, 0.29) is 0 Å². The van der Waals surface area contributed by atoms with Gasteiger partial charge in [-0.25, -0.2) is 0 Å². The summed E-state index contributed by atoms with van der Waals surface area (Å²) in [5.74, 6) is 3.39. The molecule has 1 unspecified atom stereocenters. The van der Waals surface area contributed by atoms with Crippen molar-refractivity contribution in [2.24, 2.45) is 17.8 Å². The molecule has 0 heterocycles.